The van der Waals surface area contributed by atoms with Gasteiger partial charge < -0.3 is 19.6 Å². The molecule has 27 heavy (non-hydrogen) atoms. The third-order valence-corrected chi connectivity index (χ3v) is 3.78. The van der Waals surface area contributed by atoms with Crippen LogP contribution in [0.25, 0.3) is 11.6 Å². The zero-order chi connectivity index (χ0) is 19.1. The molecule has 9 nitrogen and oxygen atoms in total. The van der Waals surface area contributed by atoms with E-state index < -0.39 is 0 Å². The van der Waals surface area contributed by atoms with Gasteiger partial charge in [0.15, 0.2) is 11.8 Å². The van der Waals surface area contributed by atoms with E-state index in [1.54, 1.807) is 6.20 Å². The van der Waals surface area contributed by atoms with Crippen LogP contribution in [0.15, 0.2) is 38.3 Å². The van der Waals surface area contributed by atoms with Crippen molar-refractivity contribution >= 4 is 5.96 Å². The first kappa shape index (κ1) is 18.6. The van der Waals surface area contributed by atoms with Gasteiger partial charge in [0.2, 0.25) is 5.89 Å². The van der Waals surface area contributed by atoms with E-state index in [1.165, 1.54) is 0 Å². The van der Waals surface area contributed by atoms with Crippen LogP contribution >= 0.6 is 0 Å². The van der Waals surface area contributed by atoms with Gasteiger partial charge in [-0.2, -0.15) is 4.98 Å². The molecule has 9 heteroatoms. The fourth-order valence-electron chi connectivity index (χ4n) is 2.34. The van der Waals surface area contributed by atoms with Gasteiger partial charge in [-0.3, -0.25) is 4.98 Å². The average molecular weight is 369 g/mol. The summed E-state index contributed by atoms with van der Waals surface area (Å²) in [5.41, 5.74) is 1.55. The average Bonchev–Trinajstić information content (AvgIpc) is 3.27. The minimum atomic E-state index is 0.371. The van der Waals surface area contributed by atoms with Gasteiger partial charge >= 0.3 is 0 Å². The SMILES string of the molecule is CCNC(=NCc1nc(C)c(C)o1)NCCc1noc(-c2ccccn2)n1. The van der Waals surface area contributed by atoms with Crippen LogP contribution < -0.4 is 10.6 Å². The Morgan fingerprint density at radius 2 is 2.07 bits per heavy atom. The highest BCUT2D eigenvalue weighted by molar-refractivity contribution is 5.79. The zero-order valence-electron chi connectivity index (χ0n) is 15.7. The molecule has 0 saturated carbocycles. The first-order valence-electron chi connectivity index (χ1n) is 8.84. The molecule has 0 fully saturated rings. The monoisotopic (exact) mass is 369 g/mol. The predicted molar refractivity (Wildman–Crippen MR) is 100 cm³/mol. The Kier molecular flexibility index (Phi) is 6.14. The highest BCUT2D eigenvalue weighted by atomic mass is 16.5. The lowest BCUT2D eigenvalue weighted by atomic mass is 10.3. The van der Waals surface area contributed by atoms with Crippen molar-refractivity contribution in [2.45, 2.75) is 33.7 Å². The summed E-state index contributed by atoms with van der Waals surface area (Å²) >= 11 is 0. The third-order valence-electron chi connectivity index (χ3n) is 3.78. The molecule has 0 aliphatic rings. The molecule has 3 aromatic rings. The quantitative estimate of drug-likeness (QED) is 0.480. The Balaban J connectivity index is 1.53. The highest BCUT2D eigenvalue weighted by Gasteiger charge is 2.10. The van der Waals surface area contributed by atoms with Gasteiger partial charge in [0, 0.05) is 25.7 Å². The number of aromatic nitrogens is 4. The van der Waals surface area contributed by atoms with Crippen LogP contribution in [0, 0.1) is 13.8 Å². The van der Waals surface area contributed by atoms with Crippen LogP contribution in [0.4, 0.5) is 0 Å². The summed E-state index contributed by atoms with van der Waals surface area (Å²) in [6.45, 7) is 7.55. The van der Waals surface area contributed by atoms with E-state index >= 15 is 0 Å². The van der Waals surface area contributed by atoms with Gasteiger partial charge in [0.25, 0.3) is 5.89 Å². The smallest absolute Gasteiger partial charge is 0.276 e. The van der Waals surface area contributed by atoms with Gasteiger partial charge in [-0.25, -0.2) is 9.98 Å². The van der Waals surface area contributed by atoms with Crippen molar-refractivity contribution in [2.24, 2.45) is 4.99 Å². The number of oxazole rings is 1. The van der Waals surface area contributed by atoms with E-state index in [1.807, 2.05) is 39.0 Å². The summed E-state index contributed by atoms with van der Waals surface area (Å²) in [6.07, 6.45) is 2.29. The minimum absolute atomic E-state index is 0.371. The number of nitrogens with zero attached hydrogens (tertiary/aromatic N) is 5. The number of aryl methyl sites for hydroxylation is 2. The minimum Gasteiger partial charge on any atom is -0.444 e. The van der Waals surface area contributed by atoms with Gasteiger partial charge in [-0.1, -0.05) is 11.2 Å². The Morgan fingerprint density at radius 1 is 1.19 bits per heavy atom. The van der Waals surface area contributed by atoms with Crippen molar-refractivity contribution < 1.29 is 8.94 Å². The molecule has 0 spiro atoms. The van der Waals surface area contributed by atoms with E-state index in [-0.39, 0.29) is 0 Å². The van der Waals surface area contributed by atoms with Gasteiger partial charge in [-0.05, 0) is 32.9 Å². The molecule has 0 unspecified atom stereocenters. The van der Waals surface area contributed by atoms with Crippen molar-refractivity contribution in [1.29, 1.82) is 0 Å². The lowest BCUT2D eigenvalue weighted by Crippen LogP contribution is -2.38. The second-order valence-electron chi connectivity index (χ2n) is 5.85. The Hall–Kier alpha value is -3.23. The summed E-state index contributed by atoms with van der Waals surface area (Å²) in [6, 6.07) is 5.55. The van der Waals surface area contributed by atoms with Crippen LogP contribution in [0.2, 0.25) is 0 Å². The standard InChI is InChI=1S/C18H23N7O2/c1-4-19-18(22-11-16-23-12(2)13(3)26-16)21-10-8-15-24-17(27-25-15)14-7-5-6-9-20-14/h5-7,9H,4,8,10-11H2,1-3H3,(H2,19,21,22). The number of rotatable bonds is 7. The van der Waals surface area contributed by atoms with Crippen molar-refractivity contribution in [3.05, 3.63) is 47.6 Å². The lowest BCUT2D eigenvalue weighted by Gasteiger charge is -2.09. The predicted octanol–water partition coefficient (Wildman–Crippen LogP) is 2.03. The molecule has 0 atom stereocenters. The maximum atomic E-state index is 5.55. The van der Waals surface area contributed by atoms with Gasteiger partial charge in [0.05, 0.1) is 5.69 Å². The first-order chi connectivity index (χ1) is 13.2. The Morgan fingerprint density at radius 3 is 2.78 bits per heavy atom. The normalized spacial score (nSPS) is 11.6. The summed E-state index contributed by atoms with van der Waals surface area (Å²) in [5, 5.41) is 10.4. The fourth-order valence-corrected chi connectivity index (χ4v) is 2.34. The van der Waals surface area contributed by atoms with Crippen LogP contribution in [0.3, 0.4) is 0 Å². The molecule has 0 saturated heterocycles. The van der Waals surface area contributed by atoms with Gasteiger partial charge in [0.1, 0.15) is 18.0 Å². The highest BCUT2D eigenvalue weighted by Crippen LogP contribution is 2.13. The lowest BCUT2D eigenvalue weighted by molar-refractivity contribution is 0.421. The van der Waals surface area contributed by atoms with E-state index in [2.05, 4.69) is 35.7 Å². The largest absolute Gasteiger partial charge is 0.444 e. The second kappa shape index (κ2) is 8.93. The van der Waals surface area contributed by atoms with Crippen LogP contribution in [0.1, 0.15) is 30.1 Å². The molecule has 3 heterocycles. The number of guanidine groups is 1. The molecular weight excluding hydrogens is 346 g/mol. The number of pyridine rings is 1. The first-order valence-corrected chi connectivity index (χ1v) is 8.84. The molecule has 0 aliphatic heterocycles. The molecule has 142 valence electrons. The van der Waals surface area contributed by atoms with E-state index in [0.717, 1.165) is 18.0 Å². The summed E-state index contributed by atoms with van der Waals surface area (Å²) in [7, 11) is 0. The topological polar surface area (TPSA) is 114 Å². The van der Waals surface area contributed by atoms with Crippen molar-refractivity contribution in [1.82, 2.24) is 30.7 Å². The van der Waals surface area contributed by atoms with Crippen LogP contribution in [-0.4, -0.2) is 39.2 Å². The van der Waals surface area contributed by atoms with Crippen LogP contribution in [0.5, 0.6) is 0 Å². The zero-order valence-corrected chi connectivity index (χ0v) is 15.7. The van der Waals surface area contributed by atoms with Crippen molar-refractivity contribution in [3.63, 3.8) is 0 Å². The van der Waals surface area contributed by atoms with Crippen molar-refractivity contribution in [3.8, 4) is 11.6 Å². The molecular formula is C18H23N7O2. The summed E-state index contributed by atoms with van der Waals surface area (Å²) in [4.78, 5) is 17.4. The molecule has 3 aromatic heterocycles. The van der Waals surface area contributed by atoms with Crippen molar-refractivity contribution in [2.75, 3.05) is 13.1 Å². The molecule has 0 bridgehead atoms. The number of aliphatic imine (C=N–C) groups is 1. The summed E-state index contributed by atoms with van der Waals surface area (Å²) in [5.74, 6) is 3.12. The maximum absolute atomic E-state index is 5.55. The number of hydrogen-bond donors (Lipinski definition) is 2. The van der Waals surface area contributed by atoms with E-state index in [4.69, 9.17) is 8.94 Å². The maximum Gasteiger partial charge on any atom is 0.276 e. The van der Waals surface area contributed by atoms with Gasteiger partial charge in [-0.15, -0.1) is 0 Å². The fraction of sp³-hybridized carbons (Fsp3) is 0.389. The molecule has 2 N–H and O–H groups in total. The van der Waals surface area contributed by atoms with E-state index in [9.17, 15) is 0 Å². The second-order valence-corrected chi connectivity index (χ2v) is 5.85. The molecule has 0 aliphatic carbocycles. The van der Waals surface area contributed by atoms with Crippen LogP contribution in [-0.2, 0) is 13.0 Å². The molecule has 0 aromatic carbocycles. The third kappa shape index (κ3) is 5.13. The molecule has 0 radical (unpaired) electrons. The number of nitrogens with one attached hydrogen (secondary N) is 2. The molecule has 3 rings (SSSR count). The van der Waals surface area contributed by atoms with E-state index in [0.29, 0.717) is 48.8 Å². The molecule has 0 amide bonds. The Labute approximate surface area is 157 Å². The number of hydrogen-bond acceptors (Lipinski definition) is 7. The Bertz CT molecular complexity index is 867. The summed E-state index contributed by atoms with van der Waals surface area (Å²) < 4.78 is 10.8.